The van der Waals surface area contributed by atoms with Gasteiger partial charge in [0.2, 0.25) is 0 Å². The summed E-state index contributed by atoms with van der Waals surface area (Å²) < 4.78 is 0. The number of amides is 1. The summed E-state index contributed by atoms with van der Waals surface area (Å²) in [6.07, 6.45) is 1.89. The number of nitrogen functional groups attached to an aromatic ring is 2. The number of rotatable bonds is 5. The average Bonchev–Trinajstić information content (AvgIpc) is 2.30. The predicted octanol–water partition coefficient (Wildman–Crippen LogP) is 0.693. The van der Waals surface area contributed by atoms with Crippen LogP contribution < -0.4 is 16.8 Å². The molecule has 0 aliphatic carbocycles. The Kier molecular flexibility index (Phi) is 5.30. The largest absolute Gasteiger partial charge is 0.399 e. The van der Waals surface area contributed by atoms with Crippen molar-refractivity contribution in [2.45, 2.75) is 18.2 Å². The molecule has 1 aromatic carbocycles. The summed E-state index contributed by atoms with van der Waals surface area (Å²) in [4.78, 5) is 12.0. The molecule has 0 radical (unpaired) electrons. The van der Waals surface area contributed by atoms with Crippen molar-refractivity contribution in [2.24, 2.45) is 0 Å². The molecule has 100 valence electrons. The Labute approximate surface area is 111 Å². The normalized spacial score (nSPS) is 13.9. The van der Waals surface area contributed by atoms with E-state index in [1.807, 2.05) is 13.2 Å². The molecule has 0 aromatic heterocycles. The van der Waals surface area contributed by atoms with Gasteiger partial charge >= 0.3 is 0 Å². The summed E-state index contributed by atoms with van der Waals surface area (Å²) in [6.45, 7) is 1.86. The van der Waals surface area contributed by atoms with Crippen LogP contribution in [0.2, 0.25) is 0 Å². The van der Waals surface area contributed by atoms with Gasteiger partial charge in [-0.1, -0.05) is 0 Å². The number of thioether (sulfide) groups is 1. The molecule has 0 spiro atoms. The van der Waals surface area contributed by atoms with Crippen LogP contribution >= 0.6 is 11.8 Å². The van der Waals surface area contributed by atoms with Crippen LogP contribution in [0.4, 0.5) is 11.4 Å². The summed E-state index contributed by atoms with van der Waals surface area (Å²) in [5.41, 5.74) is 12.6. The summed E-state index contributed by atoms with van der Waals surface area (Å²) in [5, 5.41) is 11.9. The molecule has 5 nitrogen and oxygen atoms in total. The summed E-state index contributed by atoms with van der Waals surface area (Å²) in [7, 11) is 0. The molecular formula is C12H19N3O2S. The second-order valence-corrected chi connectivity index (χ2v) is 5.14. The van der Waals surface area contributed by atoms with Crippen LogP contribution in [-0.4, -0.2) is 35.2 Å². The van der Waals surface area contributed by atoms with Gasteiger partial charge in [-0.15, -0.1) is 0 Å². The zero-order valence-corrected chi connectivity index (χ0v) is 11.3. The highest BCUT2D eigenvalue weighted by molar-refractivity contribution is 7.99. The van der Waals surface area contributed by atoms with E-state index in [1.165, 1.54) is 11.8 Å². The van der Waals surface area contributed by atoms with Gasteiger partial charge in [-0.2, -0.15) is 11.8 Å². The van der Waals surface area contributed by atoms with Crippen molar-refractivity contribution >= 4 is 29.0 Å². The molecule has 2 atom stereocenters. The summed E-state index contributed by atoms with van der Waals surface area (Å²) >= 11 is 1.51. The molecule has 0 saturated heterocycles. The maximum absolute atomic E-state index is 12.0. The first kappa shape index (κ1) is 14.7. The van der Waals surface area contributed by atoms with E-state index in [-0.39, 0.29) is 23.8 Å². The molecule has 1 amide bonds. The lowest BCUT2D eigenvalue weighted by molar-refractivity contribution is 0.0937. The van der Waals surface area contributed by atoms with Crippen LogP contribution in [0.25, 0.3) is 0 Å². The second-order valence-electron chi connectivity index (χ2n) is 4.07. The van der Waals surface area contributed by atoms with Gasteiger partial charge in [0.05, 0.1) is 12.2 Å². The van der Waals surface area contributed by atoms with E-state index in [0.717, 1.165) is 0 Å². The Morgan fingerprint density at radius 2 is 2.17 bits per heavy atom. The molecule has 0 fully saturated rings. The molecule has 6 N–H and O–H groups in total. The van der Waals surface area contributed by atoms with Crippen LogP contribution in [0.3, 0.4) is 0 Å². The van der Waals surface area contributed by atoms with Gasteiger partial charge in [0.25, 0.3) is 5.91 Å². The number of aliphatic hydroxyl groups is 1. The SMILES string of the molecule is CSC(CO)C(C)NC(=O)c1ccc(N)cc1N. The minimum atomic E-state index is -0.257. The van der Waals surface area contributed by atoms with Crippen LogP contribution in [0.5, 0.6) is 0 Å². The second kappa shape index (κ2) is 6.51. The highest BCUT2D eigenvalue weighted by Gasteiger charge is 2.19. The minimum absolute atomic E-state index is 0.0137. The number of carbonyl (C=O) groups is 1. The van der Waals surface area contributed by atoms with Crippen LogP contribution in [0.15, 0.2) is 18.2 Å². The zero-order valence-electron chi connectivity index (χ0n) is 10.5. The fourth-order valence-electron chi connectivity index (χ4n) is 1.60. The number of carbonyl (C=O) groups excluding carboxylic acids is 1. The van der Waals surface area contributed by atoms with Crippen molar-refractivity contribution in [3.8, 4) is 0 Å². The first-order valence-electron chi connectivity index (χ1n) is 5.59. The van der Waals surface area contributed by atoms with Gasteiger partial charge in [0.15, 0.2) is 0 Å². The van der Waals surface area contributed by atoms with Crippen molar-refractivity contribution in [2.75, 3.05) is 24.3 Å². The van der Waals surface area contributed by atoms with Crippen molar-refractivity contribution in [3.05, 3.63) is 23.8 Å². The molecule has 0 bridgehead atoms. The molecule has 6 heteroatoms. The lowest BCUT2D eigenvalue weighted by atomic mass is 10.1. The molecular weight excluding hydrogens is 250 g/mol. The Bertz CT molecular complexity index is 422. The van der Waals surface area contributed by atoms with E-state index in [0.29, 0.717) is 16.9 Å². The van der Waals surface area contributed by atoms with E-state index < -0.39 is 0 Å². The number of hydrogen-bond donors (Lipinski definition) is 4. The van der Waals surface area contributed by atoms with Gasteiger partial charge in [-0.05, 0) is 31.4 Å². The number of nitrogens with one attached hydrogen (secondary N) is 1. The van der Waals surface area contributed by atoms with Gasteiger partial charge in [-0.25, -0.2) is 0 Å². The Morgan fingerprint density at radius 1 is 1.50 bits per heavy atom. The molecule has 0 heterocycles. The Balaban J connectivity index is 2.76. The Hall–Kier alpha value is -1.40. The van der Waals surface area contributed by atoms with Gasteiger partial charge in [0.1, 0.15) is 0 Å². The first-order valence-corrected chi connectivity index (χ1v) is 6.88. The third-order valence-electron chi connectivity index (χ3n) is 2.72. The van der Waals surface area contributed by atoms with Crippen molar-refractivity contribution in [3.63, 3.8) is 0 Å². The topological polar surface area (TPSA) is 101 Å². The van der Waals surface area contributed by atoms with Crippen molar-refractivity contribution in [1.82, 2.24) is 5.32 Å². The number of nitrogens with two attached hydrogens (primary N) is 2. The van der Waals surface area contributed by atoms with Crippen LogP contribution in [-0.2, 0) is 0 Å². The van der Waals surface area contributed by atoms with Gasteiger partial charge in [-0.3, -0.25) is 4.79 Å². The third-order valence-corrected chi connectivity index (χ3v) is 3.88. The molecule has 1 rings (SSSR count). The summed E-state index contributed by atoms with van der Waals surface area (Å²) in [5.74, 6) is -0.257. The number of anilines is 2. The van der Waals surface area contributed by atoms with Gasteiger partial charge < -0.3 is 21.9 Å². The quantitative estimate of drug-likeness (QED) is 0.589. The lowest BCUT2D eigenvalue weighted by Gasteiger charge is -2.21. The number of aliphatic hydroxyl groups excluding tert-OH is 1. The van der Waals surface area contributed by atoms with Crippen molar-refractivity contribution in [1.29, 1.82) is 0 Å². The van der Waals surface area contributed by atoms with E-state index in [9.17, 15) is 4.79 Å². The van der Waals surface area contributed by atoms with E-state index in [2.05, 4.69) is 5.32 Å². The fraction of sp³-hybridized carbons (Fsp3) is 0.417. The lowest BCUT2D eigenvalue weighted by Crippen LogP contribution is -2.41. The van der Waals surface area contributed by atoms with E-state index in [1.54, 1.807) is 18.2 Å². The highest BCUT2D eigenvalue weighted by atomic mass is 32.2. The number of hydrogen-bond acceptors (Lipinski definition) is 5. The molecule has 0 aliphatic heterocycles. The fourth-order valence-corrected chi connectivity index (χ4v) is 2.23. The first-order chi connectivity index (χ1) is 8.49. The van der Waals surface area contributed by atoms with Gasteiger partial charge in [0, 0.05) is 22.7 Å². The van der Waals surface area contributed by atoms with Crippen LogP contribution in [0, 0.1) is 0 Å². The molecule has 0 aliphatic rings. The maximum atomic E-state index is 12.0. The van der Waals surface area contributed by atoms with Crippen molar-refractivity contribution < 1.29 is 9.90 Å². The monoisotopic (exact) mass is 269 g/mol. The number of benzene rings is 1. The summed E-state index contributed by atoms with van der Waals surface area (Å²) in [6, 6.07) is 4.64. The predicted molar refractivity (Wildman–Crippen MR) is 76.6 cm³/mol. The molecule has 1 aromatic rings. The maximum Gasteiger partial charge on any atom is 0.253 e. The highest BCUT2D eigenvalue weighted by Crippen LogP contribution is 2.17. The third kappa shape index (κ3) is 3.54. The smallest absolute Gasteiger partial charge is 0.253 e. The molecule has 0 saturated carbocycles. The van der Waals surface area contributed by atoms with E-state index in [4.69, 9.17) is 16.6 Å². The zero-order chi connectivity index (χ0) is 13.7. The molecule has 18 heavy (non-hydrogen) atoms. The minimum Gasteiger partial charge on any atom is -0.399 e. The average molecular weight is 269 g/mol. The molecule has 2 unspecified atom stereocenters. The van der Waals surface area contributed by atoms with E-state index >= 15 is 0 Å². The Morgan fingerprint density at radius 3 is 2.67 bits per heavy atom. The standard InChI is InChI=1S/C12H19N3O2S/c1-7(11(6-16)18-2)15-12(17)9-4-3-8(13)5-10(9)14/h3-5,7,11,16H,6,13-14H2,1-2H3,(H,15,17). The van der Waals surface area contributed by atoms with Crippen LogP contribution in [0.1, 0.15) is 17.3 Å².